The number of likely N-dealkylation sites (N-methyl/N-ethyl adjacent to an activating group) is 1. The van der Waals surface area contributed by atoms with Gasteiger partial charge in [0.25, 0.3) is 0 Å². The molecule has 7 heteroatoms. The summed E-state index contributed by atoms with van der Waals surface area (Å²) < 4.78 is 11.6. The lowest BCUT2D eigenvalue weighted by Crippen LogP contribution is -2.53. The van der Waals surface area contributed by atoms with Crippen LogP contribution in [-0.4, -0.2) is 71.3 Å². The van der Waals surface area contributed by atoms with Gasteiger partial charge in [-0.15, -0.1) is 10.2 Å². The minimum atomic E-state index is 0.183. The number of ether oxygens (including phenoxy) is 1. The Labute approximate surface area is 143 Å². The first kappa shape index (κ1) is 17.4. The van der Waals surface area contributed by atoms with Gasteiger partial charge in [0.15, 0.2) is 0 Å². The zero-order valence-corrected chi connectivity index (χ0v) is 15.1. The first-order chi connectivity index (χ1) is 11.5. The number of nitrogens with zero attached hydrogens (tertiary/aromatic N) is 4. The van der Waals surface area contributed by atoms with Gasteiger partial charge in [0.1, 0.15) is 0 Å². The molecule has 134 valence electrons. The molecular weight excluding hydrogens is 308 g/mol. The normalized spacial score (nSPS) is 27.6. The van der Waals surface area contributed by atoms with Gasteiger partial charge in [0.05, 0.1) is 12.6 Å². The Morgan fingerprint density at radius 2 is 2.17 bits per heavy atom. The maximum absolute atomic E-state index is 12.6. The van der Waals surface area contributed by atoms with Crippen molar-refractivity contribution >= 4 is 5.91 Å². The summed E-state index contributed by atoms with van der Waals surface area (Å²) in [5.41, 5.74) is 0. The van der Waals surface area contributed by atoms with E-state index >= 15 is 0 Å². The Bertz CT molecular complexity index is 574. The maximum Gasteiger partial charge on any atom is 0.236 e. The smallest absolute Gasteiger partial charge is 0.236 e. The fraction of sp³-hybridized carbons (Fsp3) is 0.824. The van der Waals surface area contributed by atoms with Gasteiger partial charge < -0.3 is 14.1 Å². The molecule has 1 aromatic rings. The summed E-state index contributed by atoms with van der Waals surface area (Å²) in [5, 5.41) is 8.19. The number of hydrogen-bond acceptors (Lipinski definition) is 6. The van der Waals surface area contributed by atoms with Crippen molar-refractivity contribution in [3.8, 4) is 0 Å². The van der Waals surface area contributed by atoms with Crippen LogP contribution >= 0.6 is 0 Å². The molecule has 0 aliphatic carbocycles. The summed E-state index contributed by atoms with van der Waals surface area (Å²) in [4.78, 5) is 16.7. The average Bonchev–Trinajstić information content (AvgIpc) is 2.99. The summed E-state index contributed by atoms with van der Waals surface area (Å²) in [6.45, 7) is 8.66. The predicted molar refractivity (Wildman–Crippen MR) is 88.6 cm³/mol. The second-order valence-corrected chi connectivity index (χ2v) is 7.26. The molecule has 2 aliphatic rings. The van der Waals surface area contributed by atoms with Gasteiger partial charge in [-0.05, 0) is 33.7 Å². The molecular formula is C17H28N4O3. The van der Waals surface area contributed by atoms with E-state index in [1.54, 1.807) is 0 Å². The van der Waals surface area contributed by atoms with Crippen LogP contribution in [0.4, 0.5) is 0 Å². The Kier molecular flexibility index (Phi) is 5.20. The van der Waals surface area contributed by atoms with Crippen LogP contribution in [0.2, 0.25) is 0 Å². The maximum atomic E-state index is 12.6. The Balaban J connectivity index is 1.69. The van der Waals surface area contributed by atoms with Crippen LogP contribution in [0.15, 0.2) is 4.42 Å². The van der Waals surface area contributed by atoms with Crippen molar-refractivity contribution in [1.82, 2.24) is 20.0 Å². The molecule has 0 spiro atoms. The van der Waals surface area contributed by atoms with Gasteiger partial charge in [0, 0.05) is 44.5 Å². The van der Waals surface area contributed by atoms with Gasteiger partial charge in [0.2, 0.25) is 17.7 Å². The molecule has 3 rings (SSSR count). The van der Waals surface area contributed by atoms with Crippen molar-refractivity contribution < 1.29 is 13.9 Å². The standard InChI is InChI=1S/C17H28N4O3/c1-11(2)20(4)10-16(22)21-7-5-15-14(9-21)13(6-8-23-15)17-19-18-12(3)24-17/h11,13-15H,5-10H2,1-4H3/t13-,14-,15-/m1/s1. The molecule has 0 unspecified atom stereocenters. The molecule has 7 nitrogen and oxygen atoms in total. The number of piperidine rings is 1. The number of fused-ring (bicyclic) bond motifs is 1. The summed E-state index contributed by atoms with van der Waals surface area (Å²) in [5.74, 6) is 1.90. The number of aryl methyl sites for hydroxylation is 1. The number of likely N-dealkylation sites (tertiary alicyclic amines) is 1. The fourth-order valence-corrected chi connectivity index (χ4v) is 3.60. The molecule has 2 aliphatic heterocycles. The molecule has 3 heterocycles. The third-order valence-corrected chi connectivity index (χ3v) is 5.35. The third-order valence-electron chi connectivity index (χ3n) is 5.35. The minimum Gasteiger partial charge on any atom is -0.425 e. The van der Waals surface area contributed by atoms with E-state index in [0.717, 1.165) is 26.0 Å². The number of amides is 1. The highest BCUT2D eigenvalue weighted by Crippen LogP contribution is 2.38. The fourth-order valence-electron chi connectivity index (χ4n) is 3.60. The van der Waals surface area contributed by atoms with Crippen molar-refractivity contribution in [2.24, 2.45) is 5.92 Å². The van der Waals surface area contributed by atoms with Crippen LogP contribution in [-0.2, 0) is 9.53 Å². The van der Waals surface area contributed by atoms with Gasteiger partial charge >= 0.3 is 0 Å². The van der Waals surface area contributed by atoms with E-state index in [1.807, 2.05) is 18.9 Å². The molecule has 2 fully saturated rings. The molecule has 1 amide bonds. The lowest BCUT2D eigenvalue weighted by molar-refractivity contribution is -0.141. The quantitative estimate of drug-likeness (QED) is 0.828. The van der Waals surface area contributed by atoms with E-state index in [0.29, 0.717) is 30.9 Å². The van der Waals surface area contributed by atoms with Crippen LogP contribution in [0.1, 0.15) is 44.4 Å². The van der Waals surface area contributed by atoms with Gasteiger partial charge in [-0.25, -0.2) is 0 Å². The van der Waals surface area contributed by atoms with Crippen LogP contribution in [0.25, 0.3) is 0 Å². The largest absolute Gasteiger partial charge is 0.425 e. The number of rotatable bonds is 4. The summed E-state index contributed by atoms with van der Waals surface area (Å²) in [7, 11) is 1.99. The van der Waals surface area contributed by atoms with E-state index in [4.69, 9.17) is 9.15 Å². The molecule has 3 atom stereocenters. The topological polar surface area (TPSA) is 71.7 Å². The molecule has 0 N–H and O–H groups in total. The van der Waals surface area contributed by atoms with Crippen molar-refractivity contribution in [3.63, 3.8) is 0 Å². The minimum absolute atomic E-state index is 0.183. The summed E-state index contributed by atoms with van der Waals surface area (Å²) >= 11 is 0. The van der Waals surface area contributed by atoms with E-state index < -0.39 is 0 Å². The second kappa shape index (κ2) is 7.19. The Morgan fingerprint density at radius 1 is 1.38 bits per heavy atom. The van der Waals surface area contributed by atoms with Gasteiger partial charge in [-0.2, -0.15) is 0 Å². The van der Waals surface area contributed by atoms with Crippen LogP contribution in [0, 0.1) is 12.8 Å². The molecule has 0 aromatic carbocycles. The SMILES string of the molecule is Cc1nnc([C@@H]2CCO[C@@H]3CCN(C(=O)CN(C)C(C)C)C[C@@H]32)o1. The number of hydrogen-bond donors (Lipinski definition) is 0. The van der Waals surface area contributed by atoms with Gasteiger partial charge in [-0.3, -0.25) is 9.69 Å². The van der Waals surface area contributed by atoms with Crippen LogP contribution < -0.4 is 0 Å². The lowest BCUT2D eigenvalue weighted by Gasteiger charge is -2.44. The second-order valence-electron chi connectivity index (χ2n) is 7.26. The van der Waals surface area contributed by atoms with Crippen molar-refractivity contribution in [1.29, 1.82) is 0 Å². The summed E-state index contributed by atoms with van der Waals surface area (Å²) in [6.07, 6.45) is 1.94. The van der Waals surface area contributed by atoms with E-state index in [9.17, 15) is 4.79 Å². The van der Waals surface area contributed by atoms with E-state index in [1.165, 1.54) is 0 Å². The zero-order chi connectivity index (χ0) is 17.3. The van der Waals surface area contributed by atoms with Crippen molar-refractivity contribution in [2.75, 3.05) is 33.3 Å². The monoisotopic (exact) mass is 336 g/mol. The Hall–Kier alpha value is -1.47. The van der Waals surface area contributed by atoms with Crippen molar-refractivity contribution in [2.45, 2.75) is 51.7 Å². The third kappa shape index (κ3) is 3.62. The highest BCUT2D eigenvalue weighted by atomic mass is 16.5. The zero-order valence-electron chi connectivity index (χ0n) is 15.1. The number of carbonyl (C=O) groups is 1. The van der Waals surface area contributed by atoms with E-state index in [-0.39, 0.29) is 23.8 Å². The van der Waals surface area contributed by atoms with Gasteiger partial charge in [-0.1, -0.05) is 0 Å². The lowest BCUT2D eigenvalue weighted by atomic mass is 9.79. The van der Waals surface area contributed by atoms with E-state index in [2.05, 4.69) is 28.9 Å². The van der Waals surface area contributed by atoms with Crippen molar-refractivity contribution in [3.05, 3.63) is 11.8 Å². The Morgan fingerprint density at radius 3 is 2.83 bits per heavy atom. The molecule has 0 bridgehead atoms. The molecule has 24 heavy (non-hydrogen) atoms. The first-order valence-electron chi connectivity index (χ1n) is 8.85. The highest BCUT2D eigenvalue weighted by Gasteiger charge is 2.42. The number of carbonyl (C=O) groups excluding carboxylic acids is 1. The number of aromatic nitrogens is 2. The predicted octanol–water partition coefficient (Wildman–Crippen LogP) is 1.44. The molecule has 1 aromatic heterocycles. The first-order valence-corrected chi connectivity index (χ1v) is 8.85. The van der Waals surface area contributed by atoms with Crippen LogP contribution in [0.3, 0.4) is 0 Å². The van der Waals surface area contributed by atoms with Crippen LogP contribution in [0.5, 0.6) is 0 Å². The summed E-state index contributed by atoms with van der Waals surface area (Å²) in [6, 6.07) is 0.360. The highest BCUT2D eigenvalue weighted by molar-refractivity contribution is 5.78. The molecule has 0 saturated carbocycles. The average molecular weight is 336 g/mol. The molecule has 0 radical (unpaired) electrons. The molecule has 2 saturated heterocycles.